The van der Waals surface area contributed by atoms with Crippen LogP contribution in [0.2, 0.25) is 0 Å². The third-order valence-electron chi connectivity index (χ3n) is 6.00. The van der Waals surface area contributed by atoms with Gasteiger partial charge >= 0.3 is 6.36 Å². The minimum atomic E-state index is -4.81. The molecule has 2 aromatic carbocycles. The topological polar surface area (TPSA) is 72.4 Å². The van der Waals surface area contributed by atoms with Crippen LogP contribution < -0.4 is 20.8 Å². The van der Waals surface area contributed by atoms with Gasteiger partial charge in [-0.25, -0.2) is 0 Å². The van der Waals surface area contributed by atoms with Crippen LogP contribution in [0.25, 0.3) is 22.2 Å². The Balaban J connectivity index is 2.15. The number of nitrogens with zero attached hydrogens (tertiary/aromatic N) is 1. The molecule has 0 spiro atoms. The lowest BCUT2D eigenvalue weighted by Gasteiger charge is -2.30. The summed E-state index contributed by atoms with van der Waals surface area (Å²) in [5.74, 6) is -0.780. The largest absolute Gasteiger partial charge is 0.573 e. The van der Waals surface area contributed by atoms with Crippen molar-refractivity contribution >= 4 is 36.0 Å². The molecule has 0 unspecified atom stereocenters. The number of benzene rings is 2. The van der Waals surface area contributed by atoms with Crippen LogP contribution in [0.4, 0.5) is 13.2 Å². The van der Waals surface area contributed by atoms with Gasteiger partial charge in [0, 0.05) is 22.3 Å². The maximum Gasteiger partial charge on any atom is 0.573 e. The SMILES string of the molecule is [B]c1cc(C(C)(C)C(=O)NC(C)(C)C)cc2cc(-c3ccc(OC(F)(F)F)cc3)n(CC(=O)NC(C)(C)C)c12. The number of hydrogen-bond acceptors (Lipinski definition) is 3. The van der Waals surface area contributed by atoms with E-state index >= 15 is 0 Å². The first-order valence-corrected chi connectivity index (χ1v) is 12.6. The van der Waals surface area contributed by atoms with Crippen LogP contribution in [0.1, 0.15) is 61.0 Å². The molecule has 1 aromatic heterocycles. The van der Waals surface area contributed by atoms with Crippen molar-refractivity contribution in [2.45, 2.75) is 84.8 Å². The van der Waals surface area contributed by atoms with Crippen LogP contribution in [-0.2, 0) is 21.5 Å². The van der Waals surface area contributed by atoms with Gasteiger partial charge in [-0.05, 0) is 108 Å². The lowest BCUT2D eigenvalue weighted by molar-refractivity contribution is -0.274. The first-order valence-electron chi connectivity index (χ1n) is 12.6. The fraction of sp³-hybridized carbons (Fsp3) is 0.448. The normalized spacial score (nSPS) is 12.9. The second-order valence-electron chi connectivity index (χ2n) is 12.3. The van der Waals surface area contributed by atoms with Crippen molar-refractivity contribution in [2.24, 2.45) is 0 Å². The number of aromatic nitrogens is 1. The van der Waals surface area contributed by atoms with Gasteiger partial charge in [-0.2, -0.15) is 0 Å². The number of nitrogens with one attached hydrogen (secondary N) is 2. The summed E-state index contributed by atoms with van der Waals surface area (Å²) in [5.41, 5.74) is 0.960. The number of alkyl halides is 3. The van der Waals surface area contributed by atoms with Crippen molar-refractivity contribution in [3.8, 4) is 17.0 Å². The quantitative estimate of drug-likeness (QED) is 0.427. The molecule has 0 saturated carbocycles. The zero-order valence-electron chi connectivity index (χ0n) is 23.6. The van der Waals surface area contributed by atoms with Crippen LogP contribution in [0.5, 0.6) is 5.75 Å². The van der Waals surface area contributed by atoms with E-state index in [0.717, 1.165) is 0 Å². The lowest BCUT2D eigenvalue weighted by atomic mass is 9.79. The van der Waals surface area contributed by atoms with Gasteiger partial charge in [-0.3, -0.25) is 9.59 Å². The molecule has 2 radical (unpaired) electrons. The van der Waals surface area contributed by atoms with Crippen molar-refractivity contribution in [3.05, 3.63) is 48.0 Å². The van der Waals surface area contributed by atoms with E-state index in [1.54, 1.807) is 10.6 Å². The van der Waals surface area contributed by atoms with E-state index in [2.05, 4.69) is 15.4 Å². The van der Waals surface area contributed by atoms with Crippen molar-refractivity contribution in [3.63, 3.8) is 0 Å². The number of rotatable bonds is 6. The van der Waals surface area contributed by atoms with Gasteiger partial charge in [0.2, 0.25) is 11.8 Å². The third kappa shape index (κ3) is 7.58. The predicted octanol–water partition coefficient (Wildman–Crippen LogP) is 5.11. The number of amides is 2. The van der Waals surface area contributed by atoms with Gasteiger partial charge in [-0.15, -0.1) is 13.2 Å². The van der Waals surface area contributed by atoms with E-state index in [0.29, 0.717) is 33.2 Å². The van der Waals surface area contributed by atoms with Gasteiger partial charge in [-0.1, -0.05) is 11.5 Å². The Morgan fingerprint density at radius 3 is 1.95 bits per heavy atom. The minimum Gasteiger partial charge on any atom is -0.406 e. The Kier molecular flexibility index (Phi) is 7.94. The molecule has 0 bridgehead atoms. The summed E-state index contributed by atoms with van der Waals surface area (Å²) < 4.78 is 43.7. The molecule has 3 aromatic rings. The Hall–Kier alpha value is -3.43. The standard InChI is InChI=1S/C29H35BF3N3O3/c1-26(2,3)34-23(37)16-36-22(17-9-11-20(12-10-17)39-29(31,32)33)14-18-13-19(15-21(30)24(18)36)28(7,8)25(38)35-27(4,5)6/h9-15H,16H2,1-8H3,(H,34,37)(H,35,38). The van der Waals surface area contributed by atoms with Crippen LogP contribution >= 0.6 is 0 Å². The maximum absolute atomic E-state index is 13.1. The Morgan fingerprint density at radius 1 is 0.872 bits per heavy atom. The van der Waals surface area contributed by atoms with Gasteiger partial charge in [0.05, 0.1) is 5.41 Å². The zero-order chi connectivity index (χ0) is 29.6. The van der Waals surface area contributed by atoms with E-state index in [4.69, 9.17) is 7.85 Å². The molecule has 10 heteroatoms. The molecule has 6 nitrogen and oxygen atoms in total. The van der Waals surface area contributed by atoms with Crippen molar-refractivity contribution < 1.29 is 27.5 Å². The monoisotopic (exact) mass is 541 g/mol. The lowest BCUT2D eigenvalue weighted by Crippen LogP contribution is -2.49. The van der Waals surface area contributed by atoms with Crippen LogP contribution in [0.3, 0.4) is 0 Å². The highest BCUT2D eigenvalue weighted by Crippen LogP contribution is 2.33. The fourth-order valence-corrected chi connectivity index (χ4v) is 4.27. The molecule has 208 valence electrons. The highest BCUT2D eigenvalue weighted by Gasteiger charge is 2.33. The number of fused-ring (bicyclic) bond motifs is 1. The molecule has 0 fully saturated rings. The highest BCUT2D eigenvalue weighted by atomic mass is 19.4. The van der Waals surface area contributed by atoms with Crippen molar-refractivity contribution in [2.75, 3.05) is 0 Å². The summed E-state index contributed by atoms with van der Waals surface area (Å²) >= 11 is 0. The number of ether oxygens (including phenoxy) is 1. The van der Waals surface area contributed by atoms with E-state index in [1.165, 1.54) is 24.3 Å². The molecule has 2 N–H and O–H groups in total. The number of hydrogen-bond donors (Lipinski definition) is 2. The summed E-state index contributed by atoms with van der Waals surface area (Å²) in [6.45, 7) is 14.8. The molecule has 39 heavy (non-hydrogen) atoms. The first-order chi connectivity index (χ1) is 17.7. The fourth-order valence-electron chi connectivity index (χ4n) is 4.27. The summed E-state index contributed by atoms with van der Waals surface area (Å²) in [6, 6.07) is 10.8. The Bertz CT molecular complexity index is 1380. The van der Waals surface area contributed by atoms with E-state index < -0.39 is 22.9 Å². The van der Waals surface area contributed by atoms with E-state index in [-0.39, 0.29) is 24.1 Å². The number of carbonyl (C=O) groups excluding carboxylic acids is 2. The van der Waals surface area contributed by atoms with Gasteiger partial charge in [0.15, 0.2) is 0 Å². The number of halogens is 3. The second kappa shape index (κ2) is 10.3. The van der Waals surface area contributed by atoms with Crippen LogP contribution in [0, 0.1) is 0 Å². The average Bonchev–Trinajstić information content (AvgIpc) is 3.09. The molecule has 0 atom stereocenters. The van der Waals surface area contributed by atoms with E-state index in [9.17, 15) is 22.8 Å². The van der Waals surface area contributed by atoms with Crippen LogP contribution in [0.15, 0.2) is 42.5 Å². The molecule has 2 amide bonds. The molecule has 0 aliphatic rings. The molecule has 0 aliphatic heterocycles. The first kappa shape index (κ1) is 30.1. The summed E-state index contributed by atoms with van der Waals surface area (Å²) in [6.07, 6.45) is -4.81. The van der Waals surface area contributed by atoms with Gasteiger partial charge in [0.25, 0.3) is 0 Å². The summed E-state index contributed by atoms with van der Waals surface area (Å²) in [5, 5.41) is 6.63. The molecular formula is C29H35BF3N3O3. The maximum atomic E-state index is 13.1. The third-order valence-corrected chi connectivity index (χ3v) is 6.00. The summed E-state index contributed by atoms with van der Waals surface area (Å²) in [4.78, 5) is 26.1. The van der Waals surface area contributed by atoms with Crippen molar-refractivity contribution in [1.29, 1.82) is 0 Å². The average molecular weight is 541 g/mol. The molecular weight excluding hydrogens is 506 g/mol. The molecule has 0 saturated heterocycles. The number of carbonyl (C=O) groups is 2. The van der Waals surface area contributed by atoms with E-state index in [1.807, 2.05) is 67.5 Å². The zero-order valence-corrected chi connectivity index (χ0v) is 23.6. The van der Waals surface area contributed by atoms with Crippen molar-refractivity contribution in [1.82, 2.24) is 15.2 Å². The molecule has 0 aliphatic carbocycles. The Labute approximate surface area is 228 Å². The molecule has 1 heterocycles. The molecule has 3 rings (SSSR count). The van der Waals surface area contributed by atoms with Crippen LogP contribution in [-0.4, -0.2) is 41.7 Å². The minimum absolute atomic E-state index is 0.0750. The second-order valence-corrected chi connectivity index (χ2v) is 12.3. The van der Waals surface area contributed by atoms with Gasteiger partial charge in [0.1, 0.15) is 20.1 Å². The van der Waals surface area contributed by atoms with Gasteiger partial charge < -0.3 is 19.9 Å². The summed E-state index contributed by atoms with van der Waals surface area (Å²) in [7, 11) is 6.54. The highest BCUT2D eigenvalue weighted by molar-refractivity contribution is 6.38. The predicted molar refractivity (Wildman–Crippen MR) is 148 cm³/mol. The smallest absolute Gasteiger partial charge is 0.406 e. The Morgan fingerprint density at radius 2 is 1.44 bits per heavy atom.